The van der Waals surface area contributed by atoms with Crippen LogP contribution in [0.5, 0.6) is 0 Å². The number of hydrogen-bond acceptors (Lipinski definition) is 3. The second-order valence-corrected chi connectivity index (χ2v) is 5.93. The van der Waals surface area contributed by atoms with Crippen LogP contribution in [0.15, 0.2) is 18.2 Å². The number of aryl methyl sites for hydroxylation is 1. The van der Waals surface area contributed by atoms with Crippen LogP contribution in [-0.4, -0.2) is 11.5 Å². The Balaban J connectivity index is 1.85. The normalized spacial score (nSPS) is 22.5. The third kappa shape index (κ3) is 3.71. The molecule has 1 aromatic carbocycles. The van der Waals surface area contributed by atoms with E-state index in [1.54, 1.807) is 13.0 Å². The van der Waals surface area contributed by atoms with Gasteiger partial charge >= 0.3 is 0 Å². The monoisotopic (exact) mass is 276 g/mol. The predicted octanol–water partition coefficient (Wildman–Crippen LogP) is 4.53. The van der Waals surface area contributed by atoms with Crippen molar-refractivity contribution in [3.63, 3.8) is 0 Å². The summed E-state index contributed by atoms with van der Waals surface area (Å²) in [6.07, 6.45) is 6.61. The van der Waals surface area contributed by atoms with Crippen LogP contribution in [-0.2, 0) is 0 Å². The fraction of sp³-hybridized carbons (Fsp3) is 0.625. The predicted molar refractivity (Wildman–Crippen MR) is 82.1 cm³/mol. The molecule has 4 heteroatoms. The third-order valence-corrected chi connectivity index (χ3v) is 4.53. The van der Waals surface area contributed by atoms with E-state index in [0.29, 0.717) is 0 Å². The number of nitro benzene ring substituents is 1. The van der Waals surface area contributed by atoms with Gasteiger partial charge in [0.25, 0.3) is 5.69 Å². The molecule has 0 radical (unpaired) electrons. The molecule has 2 rings (SSSR count). The molecule has 1 saturated carbocycles. The van der Waals surface area contributed by atoms with E-state index in [1.807, 2.05) is 12.1 Å². The summed E-state index contributed by atoms with van der Waals surface area (Å²) < 4.78 is 0. The summed E-state index contributed by atoms with van der Waals surface area (Å²) in [6.45, 7) is 5.05. The molecule has 0 saturated heterocycles. The van der Waals surface area contributed by atoms with Crippen molar-refractivity contribution >= 4 is 11.4 Å². The van der Waals surface area contributed by atoms with Crippen LogP contribution < -0.4 is 5.32 Å². The summed E-state index contributed by atoms with van der Waals surface area (Å²) in [5.41, 5.74) is 1.90. The average molecular weight is 276 g/mol. The summed E-state index contributed by atoms with van der Waals surface area (Å²) in [5.74, 6) is 1.67. The quantitative estimate of drug-likeness (QED) is 0.635. The molecule has 0 spiro atoms. The van der Waals surface area contributed by atoms with Gasteiger partial charge in [-0.15, -0.1) is 0 Å². The number of anilines is 1. The topological polar surface area (TPSA) is 55.2 Å². The van der Waals surface area contributed by atoms with E-state index in [-0.39, 0.29) is 10.6 Å². The Morgan fingerprint density at radius 2 is 1.90 bits per heavy atom. The van der Waals surface area contributed by atoms with Crippen molar-refractivity contribution in [1.82, 2.24) is 0 Å². The molecule has 4 nitrogen and oxygen atoms in total. The van der Waals surface area contributed by atoms with E-state index in [2.05, 4.69) is 12.2 Å². The first-order valence-corrected chi connectivity index (χ1v) is 7.59. The number of nitrogens with zero attached hydrogens (tertiary/aromatic N) is 1. The molecule has 1 aliphatic carbocycles. The van der Waals surface area contributed by atoms with Crippen molar-refractivity contribution in [3.05, 3.63) is 33.9 Å². The van der Waals surface area contributed by atoms with Crippen LogP contribution in [0.4, 0.5) is 11.4 Å². The smallest absolute Gasteiger partial charge is 0.272 e. The highest BCUT2D eigenvalue weighted by Gasteiger charge is 2.19. The van der Waals surface area contributed by atoms with Gasteiger partial charge in [0.1, 0.15) is 0 Å². The molecule has 0 amide bonds. The number of hydrogen-bond donors (Lipinski definition) is 1. The maximum absolute atomic E-state index is 10.8. The van der Waals surface area contributed by atoms with Gasteiger partial charge in [-0.25, -0.2) is 0 Å². The van der Waals surface area contributed by atoms with Gasteiger partial charge in [0.15, 0.2) is 0 Å². The molecular formula is C16H24N2O2. The minimum atomic E-state index is -0.328. The first-order chi connectivity index (χ1) is 9.60. The van der Waals surface area contributed by atoms with Crippen LogP contribution in [0.2, 0.25) is 0 Å². The fourth-order valence-corrected chi connectivity index (χ4v) is 3.08. The first kappa shape index (κ1) is 14.8. The highest BCUT2D eigenvalue weighted by Crippen LogP contribution is 2.31. The zero-order valence-electron chi connectivity index (χ0n) is 12.4. The summed E-state index contributed by atoms with van der Waals surface area (Å²) >= 11 is 0. The lowest BCUT2D eigenvalue weighted by molar-refractivity contribution is -0.385. The van der Waals surface area contributed by atoms with Crippen molar-refractivity contribution in [1.29, 1.82) is 0 Å². The van der Waals surface area contributed by atoms with E-state index in [4.69, 9.17) is 0 Å². The first-order valence-electron chi connectivity index (χ1n) is 7.59. The minimum Gasteiger partial charge on any atom is -0.385 e. The highest BCUT2D eigenvalue weighted by molar-refractivity contribution is 5.53. The zero-order chi connectivity index (χ0) is 14.5. The number of nitrogens with one attached hydrogen (secondary N) is 1. The Morgan fingerprint density at radius 1 is 1.25 bits per heavy atom. The van der Waals surface area contributed by atoms with Crippen molar-refractivity contribution in [2.24, 2.45) is 11.8 Å². The van der Waals surface area contributed by atoms with Gasteiger partial charge in [-0.05, 0) is 43.7 Å². The summed E-state index contributed by atoms with van der Waals surface area (Å²) in [6, 6.07) is 5.27. The molecule has 0 atom stereocenters. The molecule has 0 aliphatic heterocycles. The van der Waals surface area contributed by atoms with E-state index >= 15 is 0 Å². The van der Waals surface area contributed by atoms with Crippen molar-refractivity contribution < 1.29 is 4.92 Å². The Hall–Kier alpha value is -1.58. The molecular weight excluding hydrogens is 252 g/mol. The maximum Gasteiger partial charge on any atom is 0.272 e. The molecule has 0 aromatic heterocycles. The molecule has 0 unspecified atom stereocenters. The molecule has 0 heterocycles. The average Bonchev–Trinajstić information content (AvgIpc) is 2.45. The standard InChI is InChI=1S/C16H24N2O2/c1-3-13-4-6-14(7-5-13)11-17-15-8-9-16(18(19)20)12(2)10-15/h8-10,13-14,17H,3-7,11H2,1-2H3. The Morgan fingerprint density at radius 3 is 2.45 bits per heavy atom. The van der Waals surface area contributed by atoms with Crippen LogP contribution in [0.25, 0.3) is 0 Å². The second kappa shape index (κ2) is 6.73. The molecule has 0 bridgehead atoms. The number of nitro groups is 1. The minimum absolute atomic E-state index is 0.194. The maximum atomic E-state index is 10.8. The van der Waals surface area contributed by atoms with Crippen molar-refractivity contribution in [2.75, 3.05) is 11.9 Å². The largest absolute Gasteiger partial charge is 0.385 e. The van der Waals surface area contributed by atoms with Crippen LogP contribution in [0.3, 0.4) is 0 Å². The number of benzene rings is 1. The lowest BCUT2D eigenvalue weighted by Crippen LogP contribution is -2.21. The lowest BCUT2D eigenvalue weighted by atomic mass is 9.81. The molecule has 110 valence electrons. The summed E-state index contributed by atoms with van der Waals surface area (Å²) in [7, 11) is 0. The molecule has 20 heavy (non-hydrogen) atoms. The second-order valence-electron chi connectivity index (χ2n) is 5.93. The van der Waals surface area contributed by atoms with Gasteiger partial charge in [0.2, 0.25) is 0 Å². The summed E-state index contributed by atoms with van der Waals surface area (Å²) in [4.78, 5) is 10.5. The SMILES string of the molecule is CCC1CCC(CNc2ccc([N+](=O)[O-])c(C)c2)CC1. The van der Waals surface area contributed by atoms with Crippen molar-refractivity contribution in [2.45, 2.75) is 46.0 Å². The van der Waals surface area contributed by atoms with Crippen molar-refractivity contribution in [3.8, 4) is 0 Å². The molecule has 1 fully saturated rings. The molecule has 1 aliphatic rings. The van der Waals surface area contributed by atoms with Crippen LogP contribution in [0, 0.1) is 28.9 Å². The molecule has 1 aromatic rings. The molecule has 1 N–H and O–H groups in total. The van der Waals surface area contributed by atoms with Gasteiger partial charge in [-0.2, -0.15) is 0 Å². The fourth-order valence-electron chi connectivity index (χ4n) is 3.08. The van der Waals surface area contributed by atoms with E-state index < -0.39 is 0 Å². The van der Waals surface area contributed by atoms with E-state index in [9.17, 15) is 10.1 Å². The van der Waals surface area contributed by atoms with Crippen LogP contribution >= 0.6 is 0 Å². The van der Waals surface area contributed by atoms with E-state index in [1.165, 1.54) is 32.1 Å². The highest BCUT2D eigenvalue weighted by atomic mass is 16.6. The van der Waals surface area contributed by atoms with E-state index in [0.717, 1.165) is 29.6 Å². The Kier molecular flexibility index (Phi) is 4.99. The number of rotatable bonds is 5. The Bertz CT molecular complexity index is 466. The van der Waals surface area contributed by atoms with Gasteiger partial charge in [0, 0.05) is 23.9 Å². The van der Waals surface area contributed by atoms with Gasteiger partial charge < -0.3 is 5.32 Å². The van der Waals surface area contributed by atoms with Gasteiger partial charge in [-0.3, -0.25) is 10.1 Å². The zero-order valence-corrected chi connectivity index (χ0v) is 12.4. The lowest BCUT2D eigenvalue weighted by Gasteiger charge is -2.28. The van der Waals surface area contributed by atoms with Crippen LogP contribution in [0.1, 0.15) is 44.6 Å². The van der Waals surface area contributed by atoms with Gasteiger partial charge in [0.05, 0.1) is 4.92 Å². The third-order valence-electron chi connectivity index (χ3n) is 4.53. The summed E-state index contributed by atoms with van der Waals surface area (Å²) in [5, 5.41) is 14.2. The Labute approximate surface area is 120 Å². The van der Waals surface area contributed by atoms with Gasteiger partial charge in [-0.1, -0.05) is 26.2 Å².